The van der Waals surface area contributed by atoms with Crippen LogP contribution in [0.5, 0.6) is 17.2 Å². The number of fused-ring (bicyclic) bond motifs is 1. The molecule has 0 bridgehead atoms. The average Bonchev–Trinajstić information content (AvgIpc) is 3.22. The summed E-state index contributed by atoms with van der Waals surface area (Å²) in [6.07, 6.45) is 4.45. The smallest absolute Gasteiger partial charge is 0.262 e. The number of methoxy groups -OCH3 is 1. The van der Waals surface area contributed by atoms with E-state index in [9.17, 15) is 15.0 Å². The van der Waals surface area contributed by atoms with E-state index in [0.29, 0.717) is 17.9 Å². The highest BCUT2D eigenvalue weighted by molar-refractivity contribution is 5.97. The van der Waals surface area contributed by atoms with E-state index < -0.39 is 6.10 Å². The van der Waals surface area contributed by atoms with Gasteiger partial charge in [0.05, 0.1) is 13.2 Å². The molecule has 1 aliphatic heterocycles. The molecule has 4 N–H and O–H groups in total. The molecule has 1 atom stereocenters. The van der Waals surface area contributed by atoms with Gasteiger partial charge in [0, 0.05) is 17.6 Å². The van der Waals surface area contributed by atoms with Crippen molar-refractivity contribution in [2.24, 2.45) is 0 Å². The van der Waals surface area contributed by atoms with E-state index in [2.05, 4.69) is 22.8 Å². The van der Waals surface area contributed by atoms with Gasteiger partial charge in [-0.2, -0.15) is 0 Å². The second-order valence-electron chi connectivity index (χ2n) is 8.12. The van der Waals surface area contributed by atoms with Gasteiger partial charge in [0.2, 0.25) is 0 Å². The first-order chi connectivity index (χ1) is 14.5. The summed E-state index contributed by atoms with van der Waals surface area (Å²) in [7, 11) is 1.66. The lowest BCUT2D eigenvalue weighted by Gasteiger charge is -2.32. The van der Waals surface area contributed by atoms with Crippen molar-refractivity contribution in [2.45, 2.75) is 43.7 Å². The van der Waals surface area contributed by atoms with Crippen molar-refractivity contribution in [1.29, 1.82) is 0 Å². The van der Waals surface area contributed by atoms with E-state index in [0.717, 1.165) is 37.9 Å². The highest BCUT2D eigenvalue weighted by Crippen LogP contribution is 2.42. The second-order valence-corrected chi connectivity index (χ2v) is 8.12. The summed E-state index contributed by atoms with van der Waals surface area (Å²) in [6, 6.07) is 11.2. The normalized spacial score (nSPS) is 18.3. The number of benzene rings is 2. The number of aromatic hydroxyl groups is 1. The molecule has 0 aromatic heterocycles. The first-order valence-electron chi connectivity index (χ1n) is 10.3. The fourth-order valence-electron chi connectivity index (χ4n) is 4.47. The van der Waals surface area contributed by atoms with Gasteiger partial charge < -0.3 is 30.3 Å². The van der Waals surface area contributed by atoms with Gasteiger partial charge in [-0.15, -0.1) is 0 Å². The molecular weight excluding hydrogens is 384 g/mol. The number of nitrogens with one attached hydrogen (secondary N) is 2. The number of aliphatic hydroxyl groups excluding tert-OH is 1. The largest absolute Gasteiger partial charge is 0.506 e. The fourth-order valence-corrected chi connectivity index (χ4v) is 4.47. The number of amides is 1. The topological polar surface area (TPSA) is 100 Å². The molecule has 2 aliphatic rings. The number of anilines is 1. The zero-order valence-corrected chi connectivity index (χ0v) is 17.1. The molecule has 0 saturated heterocycles. The Morgan fingerprint density at radius 1 is 1.20 bits per heavy atom. The number of ether oxygens (including phenoxy) is 2. The SMILES string of the molecule is COc1ccc(CC2(NCC(O)c3ccc(O)c4c3OCC(=O)N4)CCCC2)cc1. The molecule has 0 spiro atoms. The Kier molecular flexibility index (Phi) is 5.83. The molecule has 1 aliphatic carbocycles. The summed E-state index contributed by atoms with van der Waals surface area (Å²) in [5, 5.41) is 27.1. The van der Waals surface area contributed by atoms with Gasteiger partial charge in [0.25, 0.3) is 5.91 Å². The molecule has 2 aromatic rings. The van der Waals surface area contributed by atoms with Gasteiger partial charge in [0.1, 0.15) is 17.2 Å². The van der Waals surface area contributed by atoms with E-state index >= 15 is 0 Å². The third kappa shape index (κ3) is 4.22. The Balaban J connectivity index is 1.48. The molecule has 7 nitrogen and oxygen atoms in total. The molecule has 1 saturated carbocycles. The summed E-state index contributed by atoms with van der Waals surface area (Å²) >= 11 is 0. The number of rotatable bonds is 7. The molecule has 2 aromatic carbocycles. The number of carbonyl (C=O) groups is 1. The van der Waals surface area contributed by atoms with Crippen LogP contribution in [0, 0.1) is 0 Å². The fraction of sp³-hybridized carbons (Fsp3) is 0.435. The molecule has 4 rings (SSSR count). The lowest BCUT2D eigenvalue weighted by Crippen LogP contribution is -2.46. The number of phenolic OH excluding ortho intramolecular Hbond substituents is 1. The zero-order chi connectivity index (χ0) is 21.1. The predicted octanol–water partition coefficient (Wildman–Crippen LogP) is 2.91. The van der Waals surface area contributed by atoms with E-state index in [4.69, 9.17) is 9.47 Å². The van der Waals surface area contributed by atoms with Crippen LogP contribution in [-0.2, 0) is 11.2 Å². The Labute approximate surface area is 176 Å². The van der Waals surface area contributed by atoms with Gasteiger partial charge in [-0.3, -0.25) is 4.79 Å². The van der Waals surface area contributed by atoms with E-state index in [1.54, 1.807) is 13.2 Å². The average molecular weight is 412 g/mol. The molecule has 30 heavy (non-hydrogen) atoms. The van der Waals surface area contributed by atoms with Crippen molar-refractivity contribution in [3.8, 4) is 17.2 Å². The quantitative estimate of drug-likeness (QED) is 0.522. The van der Waals surface area contributed by atoms with Crippen molar-refractivity contribution in [3.63, 3.8) is 0 Å². The highest BCUT2D eigenvalue weighted by Gasteiger charge is 2.34. The molecule has 1 heterocycles. The van der Waals surface area contributed by atoms with Crippen LogP contribution in [-0.4, -0.2) is 41.9 Å². The van der Waals surface area contributed by atoms with Gasteiger partial charge in [-0.05, 0) is 49.1 Å². The van der Waals surface area contributed by atoms with Crippen LogP contribution in [0.25, 0.3) is 0 Å². The minimum Gasteiger partial charge on any atom is -0.506 e. The monoisotopic (exact) mass is 412 g/mol. The van der Waals surface area contributed by atoms with Gasteiger partial charge in [-0.1, -0.05) is 25.0 Å². The Hall–Kier alpha value is -2.77. The van der Waals surface area contributed by atoms with Crippen molar-refractivity contribution >= 4 is 11.6 Å². The molecule has 1 fully saturated rings. The minimum atomic E-state index is -0.831. The first-order valence-corrected chi connectivity index (χ1v) is 10.3. The number of phenols is 1. The predicted molar refractivity (Wildman–Crippen MR) is 113 cm³/mol. The number of hydrogen-bond donors (Lipinski definition) is 4. The summed E-state index contributed by atoms with van der Waals surface area (Å²) in [5.41, 5.74) is 1.93. The van der Waals surface area contributed by atoms with Gasteiger partial charge in [0.15, 0.2) is 12.4 Å². The summed E-state index contributed by atoms with van der Waals surface area (Å²) < 4.78 is 10.8. The van der Waals surface area contributed by atoms with Crippen molar-refractivity contribution < 1.29 is 24.5 Å². The zero-order valence-electron chi connectivity index (χ0n) is 17.1. The number of hydrogen-bond acceptors (Lipinski definition) is 6. The van der Waals surface area contributed by atoms with Crippen LogP contribution < -0.4 is 20.1 Å². The number of carbonyl (C=O) groups excluding carboxylic acids is 1. The first kappa shape index (κ1) is 20.5. The van der Waals surface area contributed by atoms with E-state index in [-0.39, 0.29) is 29.5 Å². The van der Waals surface area contributed by atoms with Crippen LogP contribution in [0.1, 0.15) is 42.9 Å². The van der Waals surface area contributed by atoms with E-state index in [1.165, 1.54) is 11.6 Å². The maximum Gasteiger partial charge on any atom is 0.262 e. The highest BCUT2D eigenvalue weighted by atomic mass is 16.5. The third-order valence-corrected chi connectivity index (χ3v) is 6.07. The lowest BCUT2D eigenvalue weighted by atomic mass is 9.88. The molecule has 7 heteroatoms. The summed E-state index contributed by atoms with van der Waals surface area (Å²) in [4.78, 5) is 11.6. The van der Waals surface area contributed by atoms with Crippen LogP contribution in [0.15, 0.2) is 36.4 Å². The number of β-amino-alcohol motifs (C(OH)–C–C–N with tert-alkyl or cyclic N) is 1. The molecular formula is C23H28N2O5. The molecule has 160 valence electrons. The molecule has 0 radical (unpaired) electrons. The Morgan fingerprint density at radius 3 is 2.63 bits per heavy atom. The lowest BCUT2D eigenvalue weighted by molar-refractivity contribution is -0.118. The van der Waals surface area contributed by atoms with Crippen LogP contribution in [0.3, 0.4) is 0 Å². The third-order valence-electron chi connectivity index (χ3n) is 6.07. The van der Waals surface area contributed by atoms with Crippen LogP contribution in [0.2, 0.25) is 0 Å². The standard InChI is InChI=1S/C23H28N2O5/c1-29-16-6-4-15(5-7-16)12-23(10-2-3-11-23)24-13-19(27)17-8-9-18(26)21-22(17)30-14-20(28)25-21/h4-9,19,24,26-27H,2-3,10-14H2,1H3,(H,25,28). The Bertz CT molecular complexity index is 907. The minimum absolute atomic E-state index is 0.0678. The maximum absolute atomic E-state index is 11.6. The van der Waals surface area contributed by atoms with Crippen LogP contribution in [0.4, 0.5) is 5.69 Å². The Morgan fingerprint density at radius 2 is 1.93 bits per heavy atom. The van der Waals surface area contributed by atoms with Crippen molar-refractivity contribution in [3.05, 3.63) is 47.5 Å². The molecule has 1 unspecified atom stereocenters. The second kappa shape index (κ2) is 8.53. The van der Waals surface area contributed by atoms with Gasteiger partial charge >= 0.3 is 0 Å². The summed E-state index contributed by atoms with van der Waals surface area (Å²) in [6.45, 7) is 0.218. The van der Waals surface area contributed by atoms with Crippen molar-refractivity contribution in [1.82, 2.24) is 5.32 Å². The maximum atomic E-state index is 11.6. The summed E-state index contributed by atoms with van der Waals surface area (Å²) in [5.74, 6) is 0.770. The van der Waals surface area contributed by atoms with E-state index in [1.807, 2.05) is 12.1 Å². The van der Waals surface area contributed by atoms with Crippen molar-refractivity contribution in [2.75, 3.05) is 25.6 Å². The van der Waals surface area contributed by atoms with Gasteiger partial charge in [-0.25, -0.2) is 0 Å². The molecule has 1 amide bonds. The van der Waals surface area contributed by atoms with Crippen LogP contribution >= 0.6 is 0 Å². The number of aliphatic hydroxyl groups is 1.